The molecule has 11 heterocycles. The maximum absolute atomic E-state index is 11.9. The van der Waals surface area contributed by atoms with E-state index in [-0.39, 0.29) is 117 Å². The molecular formula is C85H96BBr2ClN12O24. The lowest BCUT2D eigenvalue weighted by atomic mass is 9.83. The van der Waals surface area contributed by atoms with E-state index in [1.165, 1.54) is 66.7 Å². The van der Waals surface area contributed by atoms with Gasteiger partial charge in [-0.1, -0.05) is 18.2 Å². The first-order valence-corrected chi connectivity index (χ1v) is 42.2. The molecule has 9 aliphatic rings. The fourth-order valence-electron chi connectivity index (χ4n) is 12.2. The van der Waals surface area contributed by atoms with E-state index in [4.69, 9.17) is 60.2 Å². The van der Waals surface area contributed by atoms with Gasteiger partial charge < -0.3 is 94.2 Å². The summed E-state index contributed by atoms with van der Waals surface area (Å²) in [6, 6.07) is 24.0. The lowest BCUT2D eigenvalue weighted by Gasteiger charge is -2.13. The summed E-state index contributed by atoms with van der Waals surface area (Å²) in [7, 11) is 5.11. The Morgan fingerprint density at radius 3 is 1.06 bits per heavy atom. The summed E-state index contributed by atoms with van der Waals surface area (Å²) in [5, 5.41) is 39.8. The fourth-order valence-corrected chi connectivity index (χ4v) is 13.1. The highest BCUT2D eigenvalue weighted by atomic mass is 79.9. The van der Waals surface area contributed by atoms with Gasteiger partial charge in [0.05, 0.1) is 102 Å². The van der Waals surface area contributed by atoms with Crippen molar-refractivity contribution in [3.05, 3.63) is 170 Å². The third-order valence-corrected chi connectivity index (χ3v) is 21.8. The number of hydrogen-bond acceptors (Lipinski definition) is 31. The van der Waals surface area contributed by atoms with Crippen molar-refractivity contribution in [2.45, 2.75) is 121 Å². The van der Waals surface area contributed by atoms with Crippen molar-refractivity contribution in [1.82, 2.24) is 29.9 Å². The van der Waals surface area contributed by atoms with Gasteiger partial charge in [0, 0.05) is 89.7 Å². The molecule has 3 aliphatic heterocycles. The molecule has 36 nitrogen and oxygen atoms in total. The molecule has 6 aliphatic carbocycles. The first-order chi connectivity index (χ1) is 60.2. The topological polar surface area (TPSA) is 512 Å². The zero-order valence-corrected chi connectivity index (χ0v) is 73.0. The van der Waals surface area contributed by atoms with Crippen LogP contribution in [0.15, 0.2) is 128 Å². The molecule has 9 fully saturated rings. The summed E-state index contributed by atoms with van der Waals surface area (Å²) in [4.78, 5) is 152. The van der Waals surface area contributed by atoms with Gasteiger partial charge in [0.2, 0.25) is 34.8 Å². The average molecular weight is 1880 g/mol. The molecule has 8 aromatic rings. The van der Waals surface area contributed by atoms with Crippen LogP contribution < -0.4 is 37.8 Å². The number of pyridine rings is 6. The van der Waals surface area contributed by atoms with Gasteiger partial charge in [0.1, 0.15) is 34.9 Å². The van der Waals surface area contributed by atoms with Crippen molar-refractivity contribution in [1.29, 1.82) is 0 Å². The molecule has 3 atom stereocenters. The van der Waals surface area contributed by atoms with E-state index in [2.05, 4.69) is 102 Å². The summed E-state index contributed by atoms with van der Waals surface area (Å²) >= 11 is 11.4. The molecule has 6 saturated carbocycles. The minimum absolute atomic E-state index is 0.0322. The van der Waals surface area contributed by atoms with Crippen molar-refractivity contribution in [2.75, 3.05) is 108 Å². The number of nitrogens with two attached hydrogens (primary N) is 1. The van der Waals surface area contributed by atoms with Gasteiger partial charge >= 0.3 is 37.0 Å². The minimum atomic E-state index is -1.41. The number of nitrogens with zero attached hydrogens (tertiary/aromatic N) is 6. The maximum Gasteiger partial charge on any atom is 0.491 e. The lowest BCUT2D eigenvalue weighted by Crippen LogP contribution is -2.27. The zero-order valence-electron chi connectivity index (χ0n) is 69.0. The van der Waals surface area contributed by atoms with Crippen LogP contribution in [-0.4, -0.2) is 192 Å². The van der Waals surface area contributed by atoms with Crippen LogP contribution in [0, 0.1) is 35.5 Å². The number of amides is 5. The Balaban J connectivity index is 0.000000153. The first-order valence-electron chi connectivity index (χ1n) is 40.2. The van der Waals surface area contributed by atoms with Crippen LogP contribution in [0.1, 0.15) is 189 Å². The van der Waals surface area contributed by atoms with Crippen molar-refractivity contribution >= 4 is 156 Å². The number of anilines is 6. The molecule has 0 radical (unpaired) electrons. The van der Waals surface area contributed by atoms with Crippen LogP contribution in [0.3, 0.4) is 0 Å². The van der Waals surface area contributed by atoms with Crippen LogP contribution in [0.25, 0.3) is 11.1 Å². The first kappa shape index (κ1) is 95.9. The second kappa shape index (κ2) is 47.1. The third kappa shape index (κ3) is 29.7. The Morgan fingerprint density at radius 1 is 0.408 bits per heavy atom. The van der Waals surface area contributed by atoms with Gasteiger partial charge in [-0.15, -0.1) is 0 Å². The number of esters is 5. The highest BCUT2D eigenvalue weighted by Crippen LogP contribution is 2.38. The van der Waals surface area contributed by atoms with Gasteiger partial charge in [-0.25, -0.2) is 53.9 Å². The predicted molar refractivity (Wildman–Crippen MR) is 459 cm³/mol. The van der Waals surface area contributed by atoms with E-state index in [1.54, 1.807) is 54.6 Å². The molecule has 3 unspecified atom stereocenters. The Kier molecular flexibility index (Phi) is 36.2. The van der Waals surface area contributed by atoms with Crippen LogP contribution in [0.2, 0.25) is 0 Å². The van der Waals surface area contributed by atoms with Gasteiger partial charge in [-0.05, 0) is 223 Å². The van der Waals surface area contributed by atoms with Gasteiger partial charge in [-0.3, -0.25) is 28.8 Å². The number of furan rings is 2. The number of aromatic nitrogens is 6. The molecule has 0 spiro atoms. The minimum Gasteiger partial charge on any atom is -0.473 e. The van der Waals surface area contributed by atoms with E-state index in [1.807, 2.05) is 24.3 Å². The third-order valence-electron chi connectivity index (χ3n) is 20.2. The standard InChI is InChI=1S/2C15H18N2O4.C15H14N2O4.C14H18N2O3.C11H11BrN2O3.C7H7BrN2O2.C4H5BO3.C4H5ClO/c3*1-20-15(19)13-11(10-6-7-21-8-10)4-5-12(16-13)17-14(18)9-2-3-9;17-7-12-11(10-5-6-19-8-10)3-4-13(15-12)16-14(18)9-1-2-9;1-17-11(16)9-7(12)4-5-8(13-9)14-10(15)6-2-3-6;1-12-7(11)6-4(8)2-3-5(9)10-6;6-5(7)4-1-2-8-3-4;5-4(6)3-1-2-3/h2*4-5,9-10H,2-3,6-8H2,1H3,(H,16,17,18);4-9H,2-3H2,1H3,(H,16,17,18);3-4,9-10,17H,1-2,5-8H2,(H,15,16,18);4-6H,2-3H2,1H3,(H,13,14,15);2-3H,1H3,(H2,9,10);1-3,6-7H;3H,1-2H2. The normalized spacial score (nSPS) is 17.3. The summed E-state index contributed by atoms with van der Waals surface area (Å²) in [5.41, 5.74) is 11.4. The SMILES string of the molecule is COC(=O)c1nc(N)ccc1Br.COC(=O)c1nc(NC(=O)C2CC2)ccc1-c1ccoc1.COC(=O)c1nc(NC(=O)C2CC2)ccc1Br.COC(=O)c1nc(NC(=O)C2CC2)ccc1C1CCOC1.COC(=O)c1nc(NC(=O)C2CC2)ccc1C1CCOC1.O=C(Cl)C1CC1.O=C(Nc1ccc(C2CCOC2)c(CO)n1)C1CC1.OB(O)c1ccoc1. The number of ether oxygens (including phenoxy) is 8. The lowest BCUT2D eigenvalue weighted by molar-refractivity contribution is -0.118. The van der Waals surface area contributed by atoms with Gasteiger partial charge in [0.15, 0.2) is 28.5 Å². The molecule has 10 N–H and O–H groups in total. The number of halogens is 3. The summed E-state index contributed by atoms with van der Waals surface area (Å²) < 4.78 is 50.2. The van der Waals surface area contributed by atoms with Crippen molar-refractivity contribution in [3.63, 3.8) is 0 Å². The molecule has 40 heteroatoms. The highest BCUT2D eigenvalue weighted by molar-refractivity contribution is 9.10. The van der Waals surface area contributed by atoms with Crippen molar-refractivity contribution in [3.8, 4) is 11.1 Å². The predicted octanol–water partition coefficient (Wildman–Crippen LogP) is 10.7. The number of nitrogen functional groups attached to an aromatic ring is 1. The number of methoxy groups -OCH3 is 5. The number of rotatable bonds is 22. The van der Waals surface area contributed by atoms with Crippen LogP contribution in [0.4, 0.5) is 34.9 Å². The summed E-state index contributed by atoms with van der Waals surface area (Å²) in [6.07, 6.45) is 19.7. The Morgan fingerprint density at radius 2 is 0.736 bits per heavy atom. The quantitative estimate of drug-likeness (QED) is 0.0132. The van der Waals surface area contributed by atoms with Crippen molar-refractivity contribution in [2.24, 2.45) is 35.5 Å². The Hall–Kier alpha value is -11.3. The van der Waals surface area contributed by atoms with Crippen LogP contribution >= 0.6 is 43.5 Å². The van der Waals surface area contributed by atoms with E-state index in [0.717, 1.165) is 125 Å². The number of aliphatic hydroxyl groups is 1. The Labute approximate surface area is 740 Å². The molecule has 0 bridgehead atoms. The smallest absolute Gasteiger partial charge is 0.473 e. The number of hydrogen-bond donors (Lipinski definition) is 9. The number of nitrogens with one attached hydrogen (secondary N) is 5. The average Bonchev–Trinajstić information content (AvgIpc) is 1.55. The Bertz CT molecular complexity index is 4990. The van der Waals surface area contributed by atoms with Crippen molar-refractivity contribution < 1.29 is 115 Å². The highest BCUT2D eigenvalue weighted by Gasteiger charge is 2.36. The number of carbonyl (C=O) groups is 11. The van der Waals surface area contributed by atoms with E-state index >= 15 is 0 Å². The second-order valence-electron chi connectivity index (χ2n) is 29.8. The van der Waals surface area contributed by atoms with Gasteiger partial charge in [0.25, 0.3) is 0 Å². The number of aliphatic hydroxyl groups excluding tert-OH is 1. The summed E-state index contributed by atoms with van der Waals surface area (Å²) in [6.45, 7) is 3.87. The zero-order chi connectivity index (χ0) is 89.8. The largest absolute Gasteiger partial charge is 0.491 e. The maximum atomic E-state index is 11.9. The number of carbonyl (C=O) groups excluding carboxylic acids is 11. The molecule has 8 aromatic heterocycles. The molecular weight excluding hydrogens is 1780 g/mol. The molecule has 0 aromatic carbocycles. The molecule has 125 heavy (non-hydrogen) atoms. The molecule has 3 saturated heterocycles. The van der Waals surface area contributed by atoms with Crippen LogP contribution in [0.5, 0.6) is 0 Å². The van der Waals surface area contributed by atoms with Gasteiger partial charge in [-0.2, -0.15) is 0 Å². The van der Waals surface area contributed by atoms with Crippen LogP contribution in [-0.2, 0) is 73.3 Å². The molecule has 5 amide bonds. The van der Waals surface area contributed by atoms with E-state index in [0.29, 0.717) is 99.5 Å². The van der Waals surface area contributed by atoms with E-state index < -0.39 is 37.0 Å². The second-order valence-corrected chi connectivity index (χ2v) is 31.9. The molecule has 17 rings (SSSR count). The fraction of sp³-hybridized carbons (Fsp3) is 0.424. The molecule has 664 valence electrons. The monoisotopic (exact) mass is 1870 g/mol. The van der Waals surface area contributed by atoms with E-state index in [9.17, 15) is 57.8 Å². The summed E-state index contributed by atoms with van der Waals surface area (Å²) in [5.74, 6) is 0.968.